The van der Waals surface area contributed by atoms with Gasteiger partial charge in [0, 0.05) is 20.0 Å². The number of rotatable bonds is 6. The Hall–Kier alpha value is -3.07. The molecule has 0 saturated carbocycles. The molecule has 2 aromatic heterocycles. The number of carbonyl (C=O) groups excluding carboxylic acids is 2. The van der Waals surface area contributed by atoms with E-state index in [1.165, 1.54) is 35.1 Å². The van der Waals surface area contributed by atoms with Crippen LogP contribution in [-0.2, 0) is 4.79 Å². The van der Waals surface area contributed by atoms with Crippen molar-refractivity contribution in [1.82, 2.24) is 25.4 Å². The zero-order valence-electron chi connectivity index (χ0n) is 13.9. The van der Waals surface area contributed by atoms with Gasteiger partial charge in [-0.3, -0.25) is 9.59 Å². The molecule has 1 aromatic carbocycles. The summed E-state index contributed by atoms with van der Waals surface area (Å²) in [6.45, 7) is 1.96. The molecule has 0 radical (unpaired) electrons. The third-order valence-corrected chi connectivity index (χ3v) is 4.25. The smallest absolute Gasteiger partial charge is 0.291 e. The SMILES string of the molecule is CC(=O)NCCNC(=O)c1nc(-c2cccs2)n(-c2cccc(F)c2)n1. The lowest BCUT2D eigenvalue weighted by Crippen LogP contribution is -2.34. The summed E-state index contributed by atoms with van der Waals surface area (Å²) < 4.78 is 15.0. The summed E-state index contributed by atoms with van der Waals surface area (Å²) in [5, 5.41) is 11.3. The van der Waals surface area contributed by atoms with E-state index in [4.69, 9.17) is 0 Å². The molecule has 0 saturated heterocycles. The third kappa shape index (κ3) is 4.12. The van der Waals surface area contributed by atoms with Crippen molar-refractivity contribution in [1.29, 1.82) is 0 Å². The van der Waals surface area contributed by atoms with Crippen LogP contribution in [0.25, 0.3) is 16.4 Å². The molecular formula is C17H16FN5O2S. The van der Waals surface area contributed by atoms with Gasteiger partial charge < -0.3 is 10.6 Å². The summed E-state index contributed by atoms with van der Waals surface area (Å²) in [6, 6.07) is 9.62. The lowest BCUT2D eigenvalue weighted by Gasteiger charge is -2.04. The average molecular weight is 373 g/mol. The van der Waals surface area contributed by atoms with E-state index in [2.05, 4.69) is 20.7 Å². The van der Waals surface area contributed by atoms with Crippen molar-refractivity contribution < 1.29 is 14.0 Å². The van der Waals surface area contributed by atoms with Gasteiger partial charge in [-0.2, -0.15) is 0 Å². The normalized spacial score (nSPS) is 10.5. The number of halogens is 1. The Morgan fingerprint density at radius 3 is 2.69 bits per heavy atom. The lowest BCUT2D eigenvalue weighted by atomic mass is 10.3. The van der Waals surface area contributed by atoms with Crippen LogP contribution in [0, 0.1) is 5.82 Å². The van der Waals surface area contributed by atoms with Crippen LogP contribution < -0.4 is 10.6 Å². The van der Waals surface area contributed by atoms with Gasteiger partial charge in [-0.25, -0.2) is 14.1 Å². The molecule has 2 amide bonds. The predicted molar refractivity (Wildman–Crippen MR) is 95.6 cm³/mol. The largest absolute Gasteiger partial charge is 0.355 e. The van der Waals surface area contributed by atoms with E-state index in [1.807, 2.05) is 17.5 Å². The van der Waals surface area contributed by atoms with Gasteiger partial charge in [0.15, 0.2) is 5.82 Å². The number of hydrogen-bond acceptors (Lipinski definition) is 5. The summed E-state index contributed by atoms with van der Waals surface area (Å²) in [7, 11) is 0. The van der Waals surface area contributed by atoms with Gasteiger partial charge in [-0.05, 0) is 29.6 Å². The molecule has 0 unspecified atom stereocenters. The topological polar surface area (TPSA) is 88.9 Å². The van der Waals surface area contributed by atoms with E-state index in [1.54, 1.807) is 12.1 Å². The van der Waals surface area contributed by atoms with Gasteiger partial charge in [-0.15, -0.1) is 16.4 Å². The predicted octanol–water partition coefficient (Wildman–Crippen LogP) is 2.00. The quantitative estimate of drug-likeness (QED) is 0.647. The van der Waals surface area contributed by atoms with Gasteiger partial charge in [0.05, 0.1) is 10.6 Å². The molecule has 0 spiro atoms. The summed E-state index contributed by atoms with van der Waals surface area (Å²) >= 11 is 1.44. The number of hydrogen-bond donors (Lipinski definition) is 2. The number of carbonyl (C=O) groups is 2. The molecule has 0 aliphatic carbocycles. The standard InChI is InChI=1S/C17H16FN5O2S/c1-11(24)19-7-8-20-17(25)15-21-16(14-6-3-9-26-14)23(22-15)13-5-2-4-12(18)10-13/h2-6,9-10H,7-8H2,1H3,(H,19,24)(H,20,25). The van der Waals surface area contributed by atoms with E-state index >= 15 is 0 Å². The maximum Gasteiger partial charge on any atom is 0.291 e. The van der Waals surface area contributed by atoms with Crippen LogP contribution in [0.5, 0.6) is 0 Å². The maximum absolute atomic E-state index is 13.6. The van der Waals surface area contributed by atoms with Crippen molar-refractivity contribution in [3.8, 4) is 16.4 Å². The second kappa shape index (κ2) is 7.87. The number of thiophene rings is 1. The highest BCUT2D eigenvalue weighted by atomic mass is 32.1. The van der Waals surface area contributed by atoms with Crippen LogP contribution in [0.1, 0.15) is 17.5 Å². The fraction of sp³-hybridized carbons (Fsp3) is 0.176. The minimum atomic E-state index is -0.469. The van der Waals surface area contributed by atoms with Gasteiger partial charge in [0.1, 0.15) is 5.82 Å². The summed E-state index contributed by atoms with van der Waals surface area (Å²) in [4.78, 5) is 28.2. The highest BCUT2D eigenvalue weighted by Crippen LogP contribution is 2.25. The fourth-order valence-electron chi connectivity index (χ4n) is 2.26. The number of aromatic nitrogens is 3. The summed E-state index contributed by atoms with van der Waals surface area (Å²) in [6.07, 6.45) is 0. The molecule has 0 atom stereocenters. The monoisotopic (exact) mass is 373 g/mol. The molecule has 0 aliphatic rings. The number of nitrogens with one attached hydrogen (secondary N) is 2. The van der Waals surface area contributed by atoms with E-state index in [0.717, 1.165) is 4.88 Å². The Balaban J connectivity index is 1.87. The van der Waals surface area contributed by atoms with Crippen LogP contribution in [0.3, 0.4) is 0 Å². The molecule has 0 fully saturated rings. The first-order chi connectivity index (χ1) is 12.5. The van der Waals surface area contributed by atoms with E-state index < -0.39 is 11.7 Å². The number of nitrogens with zero attached hydrogens (tertiary/aromatic N) is 3. The van der Waals surface area contributed by atoms with E-state index in [9.17, 15) is 14.0 Å². The Labute approximate surface area is 152 Å². The Morgan fingerprint density at radius 1 is 1.19 bits per heavy atom. The van der Waals surface area contributed by atoms with E-state index in [0.29, 0.717) is 18.1 Å². The van der Waals surface area contributed by atoms with Crippen LogP contribution in [0.15, 0.2) is 41.8 Å². The number of amides is 2. The van der Waals surface area contributed by atoms with Crippen molar-refractivity contribution >= 4 is 23.2 Å². The minimum absolute atomic E-state index is 0.0273. The Morgan fingerprint density at radius 2 is 2.00 bits per heavy atom. The zero-order valence-corrected chi connectivity index (χ0v) is 14.7. The minimum Gasteiger partial charge on any atom is -0.355 e. The van der Waals surface area contributed by atoms with Crippen LogP contribution in [0.4, 0.5) is 4.39 Å². The summed E-state index contributed by atoms with van der Waals surface area (Å²) in [5.74, 6) is -0.620. The molecule has 0 bridgehead atoms. The molecule has 2 heterocycles. The van der Waals surface area contributed by atoms with Crippen molar-refractivity contribution in [3.05, 3.63) is 53.4 Å². The van der Waals surface area contributed by atoms with Crippen molar-refractivity contribution in [2.45, 2.75) is 6.92 Å². The lowest BCUT2D eigenvalue weighted by molar-refractivity contribution is -0.118. The second-order valence-corrected chi connectivity index (χ2v) is 6.31. The molecule has 134 valence electrons. The molecule has 9 heteroatoms. The first-order valence-corrected chi connectivity index (χ1v) is 8.72. The van der Waals surface area contributed by atoms with Crippen LogP contribution in [0.2, 0.25) is 0 Å². The first kappa shape index (κ1) is 17.7. The van der Waals surface area contributed by atoms with Crippen molar-refractivity contribution in [2.75, 3.05) is 13.1 Å². The van der Waals surface area contributed by atoms with Gasteiger partial charge in [0.25, 0.3) is 5.91 Å². The van der Waals surface area contributed by atoms with E-state index in [-0.39, 0.29) is 18.3 Å². The number of benzene rings is 1. The first-order valence-electron chi connectivity index (χ1n) is 7.84. The van der Waals surface area contributed by atoms with Gasteiger partial charge in [-0.1, -0.05) is 12.1 Å². The van der Waals surface area contributed by atoms with Crippen LogP contribution >= 0.6 is 11.3 Å². The molecule has 7 nitrogen and oxygen atoms in total. The van der Waals surface area contributed by atoms with Crippen molar-refractivity contribution in [3.63, 3.8) is 0 Å². The fourth-order valence-corrected chi connectivity index (χ4v) is 2.95. The molecular weight excluding hydrogens is 357 g/mol. The highest BCUT2D eigenvalue weighted by Gasteiger charge is 2.19. The molecule has 3 rings (SSSR count). The average Bonchev–Trinajstić information content (AvgIpc) is 3.27. The highest BCUT2D eigenvalue weighted by molar-refractivity contribution is 7.13. The summed E-state index contributed by atoms with van der Waals surface area (Å²) in [5.41, 5.74) is 0.471. The molecule has 26 heavy (non-hydrogen) atoms. The van der Waals surface area contributed by atoms with Gasteiger partial charge >= 0.3 is 0 Å². The third-order valence-electron chi connectivity index (χ3n) is 3.39. The maximum atomic E-state index is 13.6. The second-order valence-electron chi connectivity index (χ2n) is 5.37. The molecule has 0 aliphatic heterocycles. The Bertz CT molecular complexity index is 923. The van der Waals surface area contributed by atoms with Crippen molar-refractivity contribution in [2.24, 2.45) is 0 Å². The van der Waals surface area contributed by atoms with Gasteiger partial charge in [0.2, 0.25) is 11.7 Å². The Kier molecular flexibility index (Phi) is 5.37. The van der Waals surface area contributed by atoms with Crippen LogP contribution in [-0.4, -0.2) is 39.7 Å². The zero-order chi connectivity index (χ0) is 18.5. The molecule has 3 aromatic rings. The molecule has 2 N–H and O–H groups in total.